The highest BCUT2D eigenvalue weighted by atomic mass is 16.5. The van der Waals surface area contributed by atoms with Gasteiger partial charge in [0.15, 0.2) is 0 Å². The lowest BCUT2D eigenvalue weighted by Gasteiger charge is -2.07. The Hall–Kier alpha value is -1.47. The van der Waals surface area contributed by atoms with Crippen molar-refractivity contribution >= 4 is 12.1 Å². The van der Waals surface area contributed by atoms with E-state index in [1.807, 2.05) is 24.3 Å². The van der Waals surface area contributed by atoms with Crippen molar-refractivity contribution in [3.63, 3.8) is 0 Å². The standard InChI is InChI=1S/C15H24N2O4/c18-7-2-5-16-6-8-20-9-10-21-12-14-3-1-4-15(11-14)17-13-19/h1,3-4,11,13,16,18H,2,5-10,12H2,(H,17,19). The van der Waals surface area contributed by atoms with Crippen LogP contribution in [0.4, 0.5) is 5.69 Å². The van der Waals surface area contributed by atoms with Crippen LogP contribution in [-0.4, -0.2) is 51.0 Å². The molecule has 1 amide bonds. The Morgan fingerprint density at radius 3 is 2.81 bits per heavy atom. The number of aliphatic hydroxyl groups excluding tert-OH is 1. The Balaban J connectivity index is 1.99. The molecule has 0 spiro atoms. The van der Waals surface area contributed by atoms with Crippen LogP contribution in [0.3, 0.4) is 0 Å². The normalized spacial score (nSPS) is 10.5. The van der Waals surface area contributed by atoms with Crippen molar-refractivity contribution in [2.75, 3.05) is 44.8 Å². The maximum Gasteiger partial charge on any atom is 0.211 e. The summed E-state index contributed by atoms with van der Waals surface area (Å²) in [7, 11) is 0. The Labute approximate surface area is 125 Å². The van der Waals surface area contributed by atoms with E-state index in [1.165, 1.54) is 0 Å². The van der Waals surface area contributed by atoms with Gasteiger partial charge in [0.1, 0.15) is 0 Å². The highest BCUT2D eigenvalue weighted by molar-refractivity contribution is 5.71. The molecule has 6 heteroatoms. The van der Waals surface area contributed by atoms with E-state index in [4.69, 9.17) is 14.6 Å². The van der Waals surface area contributed by atoms with Gasteiger partial charge in [0.25, 0.3) is 0 Å². The molecule has 0 radical (unpaired) electrons. The van der Waals surface area contributed by atoms with Crippen molar-refractivity contribution in [2.24, 2.45) is 0 Å². The van der Waals surface area contributed by atoms with Gasteiger partial charge < -0.3 is 25.2 Å². The van der Waals surface area contributed by atoms with Gasteiger partial charge >= 0.3 is 0 Å². The van der Waals surface area contributed by atoms with Crippen molar-refractivity contribution in [1.29, 1.82) is 0 Å². The van der Waals surface area contributed by atoms with Gasteiger partial charge in [-0.1, -0.05) is 12.1 Å². The van der Waals surface area contributed by atoms with Gasteiger partial charge in [0.05, 0.1) is 26.4 Å². The summed E-state index contributed by atoms with van der Waals surface area (Å²) in [5, 5.41) is 14.4. The van der Waals surface area contributed by atoms with Gasteiger partial charge in [-0.3, -0.25) is 4.79 Å². The lowest BCUT2D eigenvalue weighted by atomic mass is 10.2. The minimum absolute atomic E-state index is 0.214. The predicted molar refractivity (Wildman–Crippen MR) is 81.2 cm³/mol. The summed E-state index contributed by atoms with van der Waals surface area (Å²) < 4.78 is 10.9. The number of carbonyl (C=O) groups excluding carboxylic acids is 1. The molecule has 0 unspecified atom stereocenters. The SMILES string of the molecule is O=CNc1cccc(COCCOCCNCCCO)c1. The smallest absolute Gasteiger partial charge is 0.211 e. The highest BCUT2D eigenvalue weighted by Gasteiger charge is 1.96. The van der Waals surface area contributed by atoms with E-state index in [2.05, 4.69) is 10.6 Å². The Morgan fingerprint density at radius 1 is 1.14 bits per heavy atom. The summed E-state index contributed by atoms with van der Waals surface area (Å²) in [5.74, 6) is 0. The number of aliphatic hydroxyl groups is 1. The molecule has 118 valence electrons. The van der Waals surface area contributed by atoms with Crippen molar-refractivity contribution in [3.8, 4) is 0 Å². The van der Waals surface area contributed by atoms with E-state index in [0.29, 0.717) is 32.8 Å². The van der Waals surface area contributed by atoms with E-state index in [1.54, 1.807) is 0 Å². The molecule has 1 rings (SSSR count). The number of hydrogen-bond donors (Lipinski definition) is 3. The van der Waals surface area contributed by atoms with Gasteiger partial charge in [-0.2, -0.15) is 0 Å². The average Bonchev–Trinajstić information content (AvgIpc) is 2.50. The molecule has 21 heavy (non-hydrogen) atoms. The van der Waals surface area contributed by atoms with Gasteiger partial charge in [-0.15, -0.1) is 0 Å². The summed E-state index contributed by atoms with van der Waals surface area (Å²) in [6.45, 7) is 4.00. The average molecular weight is 296 g/mol. The second-order valence-electron chi connectivity index (χ2n) is 4.45. The first-order valence-electron chi connectivity index (χ1n) is 7.13. The summed E-state index contributed by atoms with van der Waals surface area (Å²) in [5.41, 5.74) is 1.77. The molecule has 0 atom stereocenters. The third kappa shape index (κ3) is 9.14. The fourth-order valence-electron chi connectivity index (χ4n) is 1.70. The Kier molecular flexibility index (Phi) is 10.3. The first-order chi connectivity index (χ1) is 10.4. The van der Waals surface area contributed by atoms with Crippen molar-refractivity contribution in [3.05, 3.63) is 29.8 Å². The zero-order valence-corrected chi connectivity index (χ0v) is 12.2. The number of rotatable bonds is 13. The summed E-state index contributed by atoms with van der Waals surface area (Å²) in [6, 6.07) is 7.52. The summed E-state index contributed by atoms with van der Waals surface area (Å²) in [4.78, 5) is 10.4. The molecule has 0 aromatic heterocycles. The fourth-order valence-corrected chi connectivity index (χ4v) is 1.70. The molecule has 0 fully saturated rings. The number of carbonyl (C=O) groups is 1. The first-order valence-corrected chi connectivity index (χ1v) is 7.13. The lowest BCUT2D eigenvalue weighted by molar-refractivity contribution is -0.105. The van der Waals surface area contributed by atoms with E-state index in [0.717, 1.165) is 30.8 Å². The van der Waals surface area contributed by atoms with E-state index in [-0.39, 0.29) is 6.61 Å². The zero-order chi connectivity index (χ0) is 15.2. The number of nitrogens with one attached hydrogen (secondary N) is 2. The third-order valence-corrected chi connectivity index (χ3v) is 2.73. The second-order valence-corrected chi connectivity index (χ2v) is 4.45. The molecule has 0 heterocycles. The summed E-state index contributed by atoms with van der Waals surface area (Å²) in [6.07, 6.45) is 1.42. The van der Waals surface area contributed by atoms with Crippen molar-refractivity contribution in [2.45, 2.75) is 13.0 Å². The van der Waals surface area contributed by atoms with Gasteiger partial charge in [0, 0.05) is 18.8 Å². The summed E-state index contributed by atoms with van der Waals surface area (Å²) >= 11 is 0. The van der Waals surface area contributed by atoms with Crippen molar-refractivity contribution in [1.82, 2.24) is 5.32 Å². The number of amides is 1. The minimum Gasteiger partial charge on any atom is -0.396 e. The second kappa shape index (κ2) is 12.3. The zero-order valence-electron chi connectivity index (χ0n) is 12.2. The molecule has 0 aliphatic carbocycles. The van der Waals surface area contributed by atoms with Crippen LogP contribution in [-0.2, 0) is 20.9 Å². The van der Waals surface area contributed by atoms with Gasteiger partial charge in [-0.25, -0.2) is 0 Å². The molecule has 0 saturated heterocycles. The van der Waals surface area contributed by atoms with Crippen molar-refractivity contribution < 1.29 is 19.4 Å². The Morgan fingerprint density at radius 2 is 2.00 bits per heavy atom. The number of benzene rings is 1. The lowest BCUT2D eigenvalue weighted by Crippen LogP contribution is -2.22. The van der Waals surface area contributed by atoms with Crippen LogP contribution in [0.5, 0.6) is 0 Å². The molecule has 0 bridgehead atoms. The van der Waals surface area contributed by atoms with Crippen LogP contribution in [0.2, 0.25) is 0 Å². The predicted octanol–water partition coefficient (Wildman–Crippen LogP) is 0.760. The molecule has 1 aromatic carbocycles. The molecular formula is C15H24N2O4. The molecule has 6 nitrogen and oxygen atoms in total. The van der Waals surface area contributed by atoms with Gasteiger partial charge in [0.2, 0.25) is 6.41 Å². The fraction of sp³-hybridized carbons (Fsp3) is 0.533. The quantitative estimate of drug-likeness (QED) is 0.370. The maximum atomic E-state index is 10.4. The number of anilines is 1. The molecule has 3 N–H and O–H groups in total. The van der Waals surface area contributed by atoms with Crippen LogP contribution >= 0.6 is 0 Å². The largest absolute Gasteiger partial charge is 0.396 e. The number of hydrogen-bond acceptors (Lipinski definition) is 5. The molecule has 1 aromatic rings. The molecule has 0 aliphatic heterocycles. The first kappa shape index (κ1) is 17.6. The van der Waals surface area contributed by atoms with Crippen LogP contribution in [0.25, 0.3) is 0 Å². The van der Waals surface area contributed by atoms with E-state index >= 15 is 0 Å². The maximum absolute atomic E-state index is 10.4. The van der Waals surface area contributed by atoms with Gasteiger partial charge in [-0.05, 0) is 30.7 Å². The topological polar surface area (TPSA) is 79.8 Å². The number of ether oxygens (including phenoxy) is 2. The highest BCUT2D eigenvalue weighted by Crippen LogP contribution is 2.10. The molecule has 0 aliphatic rings. The van der Waals surface area contributed by atoms with Crippen LogP contribution in [0.15, 0.2) is 24.3 Å². The third-order valence-electron chi connectivity index (χ3n) is 2.73. The van der Waals surface area contributed by atoms with E-state index in [9.17, 15) is 4.79 Å². The van der Waals surface area contributed by atoms with Crippen LogP contribution in [0.1, 0.15) is 12.0 Å². The Bertz CT molecular complexity index is 388. The monoisotopic (exact) mass is 296 g/mol. The molecular weight excluding hydrogens is 272 g/mol. The van der Waals surface area contributed by atoms with Crippen LogP contribution in [0, 0.1) is 0 Å². The minimum atomic E-state index is 0.214. The molecule has 0 saturated carbocycles. The van der Waals surface area contributed by atoms with Crippen LogP contribution < -0.4 is 10.6 Å². The van der Waals surface area contributed by atoms with E-state index < -0.39 is 0 Å².